The molecule has 1 aromatic heterocycles. The highest BCUT2D eigenvalue weighted by Crippen LogP contribution is 2.15. The van der Waals surface area contributed by atoms with Gasteiger partial charge in [0.15, 0.2) is 0 Å². The summed E-state index contributed by atoms with van der Waals surface area (Å²) in [6.07, 6.45) is 4.77. The van der Waals surface area contributed by atoms with E-state index < -0.39 is 5.97 Å². The number of aryl methyl sites for hydroxylation is 1. The van der Waals surface area contributed by atoms with Crippen LogP contribution >= 0.6 is 11.8 Å². The third kappa shape index (κ3) is 3.89. The van der Waals surface area contributed by atoms with Crippen molar-refractivity contribution >= 4 is 17.7 Å². The summed E-state index contributed by atoms with van der Waals surface area (Å²) in [4.78, 5) is 14.7. The summed E-state index contributed by atoms with van der Waals surface area (Å²) >= 11 is 1.65. The quantitative estimate of drug-likeness (QED) is 0.796. The fourth-order valence-electron chi connectivity index (χ4n) is 1.32. The molecule has 0 aliphatic rings. The molecule has 0 radical (unpaired) electrons. The van der Waals surface area contributed by atoms with Crippen molar-refractivity contribution in [3.63, 3.8) is 0 Å². The van der Waals surface area contributed by atoms with Gasteiger partial charge in [0, 0.05) is 29.9 Å². The SMILES string of the molecule is CCCn1cncc1CSCC(C)C(=O)O. The summed E-state index contributed by atoms with van der Waals surface area (Å²) in [6.45, 7) is 4.84. The zero-order valence-electron chi connectivity index (χ0n) is 9.72. The third-order valence-corrected chi connectivity index (χ3v) is 3.54. The van der Waals surface area contributed by atoms with Gasteiger partial charge in [-0.2, -0.15) is 11.8 Å². The van der Waals surface area contributed by atoms with Gasteiger partial charge < -0.3 is 9.67 Å². The molecule has 5 heteroatoms. The van der Waals surface area contributed by atoms with E-state index in [1.165, 1.54) is 5.69 Å². The highest BCUT2D eigenvalue weighted by atomic mass is 32.2. The predicted molar refractivity (Wildman–Crippen MR) is 65.5 cm³/mol. The minimum absolute atomic E-state index is 0.285. The van der Waals surface area contributed by atoms with Crippen molar-refractivity contribution in [1.29, 1.82) is 0 Å². The molecule has 1 rings (SSSR count). The molecule has 16 heavy (non-hydrogen) atoms. The Morgan fingerprint density at radius 2 is 2.44 bits per heavy atom. The molecule has 0 aliphatic carbocycles. The number of thioether (sulfide) groups is 1. The molecule has 0 amide bonds. The monoisotopic (exact) mass is 242 g/mol. The number of rotatable bonds is 7. The van der Waals surface area contributed by atoms with Crippen LogP contribution in [0.2, 0.25) is 0 Å². The fraction of sp³-hybridized carbons (Fsp3) is 0.636. The van der Waals surface area contributed by atoms with Crippen LogP contribution in [0.15, 0.2) is 12.5 Å². The Morgan fingerprint density at radius 1 is 1.69 bits per heavy atom. The lowest BCUT2D eigenvalue weighted by atomic mass is 10.2. The van der Waals surface area contributed by atoms with Gasteiger partial charge in [0.25, 0.3) is 0 Å². The zero-order chi connectivity index (χ0) is 12.0. The Morgan fingerprint density at radius 3 is 3.06 bits per heavy atom. The highest BCUT2D eigenvalue weighted by molar-refractivity contribution is 7.98. The molecule has 0 fully saturated rings. The van der Waals surface area contributed by atoms with E-state index in [0.717, 1.165) is 18.7 Å². The first-order valence-corrected chi connectivity index (χ1v) is 6.60. The molecular weight excluding hydrogens is 224 g/mol. The van der Waals surface area contributed by atoms with Crippen molar-refractivity contribution < 1.29 is 9.90 Å². The van der Waals surface area contributed by atoms with Crippen LogP contribution in [0.1, 0.15) is 26.0 Å². The molecule has 0 saturated heterocycles. The topological polar surface area (TPSA) is 55.1 Å². The standard InChI is InChI=1S/C11H18N2O2S/c1-3-4-13-8-12-5-10(13)7-16-6-9(2)11(14)15/h5,8-9H,3-4,6-7H2,1-2H3,(H,14,15). The zero-order valence-corrected chi connectivity index (χ0v) is 10.5. The lowest BCUT2D eigenvalue weighted by Gasteiger charge is -2.08. The maximum absolute atomic E-state index is 10.6. The van der Waals surface area contributed by atoms with Crippen LogP contribution in [0.4, 0.5) is 0 Å². The normalized spacial score (nSPS) is 12.6. The average molecular weight is 242 g/mol. The van der Waals surface area contributed by atoms with Crippen molar-refractivity contribution in [2.24, 2.45) is 5.92 Å². The maximum atomic E-state index is 10.6. The van der Waals surface area contributed by atoms with Gasteiger partial charge in [0.05, 0.1) is 12.2 Å². The van der Waals surface area contributed by atoms with Crippen molar-refractivity contribution in [3.8, 4) is 0 Å². The van der Waals surface area contributed by atoms with Crippen molar-refractivity contribution in [1.82, 2.24) is 9.55 Å². The van der Waals surface area contributed by atoms with Crippen LogP contribution in [-0.4, -0.2) is 26.4 Å². The van der Waals surface area contributed by atoms with Gasteiger partial charge in [-0.1, -0.05) is 13.8 Å². The second kappa shape index (κ2) is 6.58. The number of imidazole rings is 1. The summed E-state index contributed by atoms with van der Waals surface area (Å²) < 4.78 is 2.12. The molecule has 0 bridgehead atoms. The number of aliphatic carboxylic acids is 1. The van der Waals surface area contributed by atoms with E-state index in [0.29, 0.717) is 5.75 Å². The summed E-state index contributed by atoms with van der Waals surface area (Å²) in [5.41, 5.74) is 1.17. The molecule has 1 atom stereocenters. The number of carboxylic acid groups (broad SMARTS) is 1. The summed E-state index contributed by atoms with van der Waals surface area (Å²) in [7, 11) is 0. The number of hydrogen-bond donors (Lipinski definition) is 1. The van der Waals surface area contributed by atoms with E-state index in [4.69, 9.17) is 5.11 Å². The molecule has 0 aromatic carbocycles. The van der Waals surface area contributed by atoms with E-state index in [-0.39, 0.29) is 5.92 Å². The van der Waals surface area contributed by atoms with Gasteiger partial charge >= 0.3 is 5.97 Å². The number of carbonyl (C=O) groups is 1. The largest absolute Gasteiger partial charge is 0.481 e. The molecule has 0 aliphatic heterocycles. The Balaban J connectivity index is 2.36. The van der Waals surface area contributed by atoms with Gasteiger partial charge in [-0.3, -0.25) is 4.79 Å². The summed E-state index contributed by atoms with van der Waals surface area (Å²) in [5, 5.41) is 8.75. The molecule has 90 valence electrons. The molecule has 1 aromatic rings. The molecule has 1 unspecified atom stereocenters. The van der Waals surface area contributed by atoms with E-state index in [9.17, 15) is 4.79 Å². The van der Waals surface area contributed by atoms with Gasteiger partial charge in [0.2, 0.25) is 0 Å². The first-order chi connectivity index (χ1) is 7.65. The van der Waals surface area contributed by atoms with E-state index >= 15 is 0 Å². The van der Waals surface area contributed by atoms with Crippen LogP contribution in [0, 0.1) is 5.92 Å². The predicted octanol–water partition coefficient (Wildman–Crippen LogP) is 2.25. The Labute approximate surface area is 100 Å². The molecule has 1 heterocycles. The van der Waals surface area contributed by atoms with Crippen LogP contribution < -0.4 is 0 Å². The average Bonchev–Trinajstić information content (AvgIpc) is 2.66. The molecular formula is C11H18N2O2S. The third-order valence-electron chi connectivity index (χ3n) is 2.30. The Kier molecular flexibility index (Phi) is 5.38. The van der Waals surface area contributed by atoms with Gasteiger partial charge in [0.1, 0.15) is 0 Å². The van der Waals surface area contributed by atoms with Gasteiger partial charge in [-0.25, -0.2) is 4.98 Å². The van der Waals surface area contributed by atoms with Crippen LogP contribution in [0.25, 0.3) is 0 Å². The lowest BCUT2D eigenvalue weighted by molar-refractivity contribution is -0.140. The minimum Gasteiger partial charge on any atom is -0.481 e. The summed E-state index contributed by atoms with van der Waals surface area (Å²) in [6, 6.07) is 0. The Bertz CT molecular complexity index is 338. The van der Waals surface area contributed by atoms with E-state index in [2.05, 4.69) is 16.5 Å². The Hall–Kier alpha value is -0.970. The fourth-order valence-corrected chi connectivity index (χ4v) is 2.39. The lowest BCUT2D eigenvalue weighted by Crippen LogP contribution is -2.12. The van der Waals surface area contributed by atoms with Gasteiger partial charge in [-0.15, -0.1) is 0 Å². The van der Waals surface area contributed by atoms with Crippen LogP contribution in [0.5, 0.6) is 0 Å². The van der Waals surface area contributed by atoms with E-state index in [1.54, 1.807) is 18.7 Å². The second-order valence-corrected chi connectivity index (χ2v) is 4.86. The molecule has 4 nitrogen and oxygen atoms in total. The van der Waals surface area contributed by atoms with Crippen LogP contribution in [0.3, 0.4) is 0 Å². The van der Waals surface area contributed by atoms with Crippen molar-refractivity contribution in [2.75, 3.05) is 5.75 Å². The summed E-state index contributed by atoms with van der Waals surface area (Å²) in [5.74, 6) is 0.465. The van der Waals surface area contributed by atoms with Crippen molar-refractivity contribution in [3.05, 3.63) is 18.2 Å². The van der Waals surface area contributed by atoms with Crippen LogP contribution in [-0.2, 0) is 17.1 Å². The number of hydrogen-bond acceptors (Lipinski definition) is 3. The maximum Gasteiger partial charge on any atom is 0.307 e. The molecule has 1 N–H and O–H groups in total. The number of aromatic nitrogens is 2. The first-order valence-electron chi connectivity index (χ1n) is 5.44. The first kappa shape index (κ1) is 13.1. The minimum atomic E-state index is -0.727. The highest BCUT2D eigenvalue weighted by Gasteiger charge is 2.11. The van der Waals surface area contributed by atoms with Gasteiger partial charge in [-0.05, 0) is 6.42 Å². The smallest absolute Gasteiger partial charge is 0.307 e. The second-order valence-electron chi connectivity index (χ2n) is 3.83. The van der Waals surface area contributed by atoms with E-state index in [1.807, 2.05) is 12.5 Å². The number of carboxylic acids is 1. The molecule has 0 spiro atoms. The molecule has 0 saturated carbocycles. The number of nitrogens with zero attached hydrogens (tertiary/aromatic N) is 2. The van der Waals surface area contributed by atoms with Crippen molar-refractivity contribution in [2.45, 2.75) is 32.6 Å².